The molecule has 1 amide bonds. The molecule has 132 valence electrons. The number of carbonyl (C=O) groups is 1. The van der Waals surface area contributed by atoms with Gasteiger partial charge in [-0.3, -0.25) is 14.7 Å². The smallest absolute Gasteiger partial charge is 0.216 e. The number of hydrogen-bond acceptors (Lipinski definition) is 4. The molecular weight excluding hydrogens is 314 g/mol. The molecule has 1 fully saturated rings. The molecule has 1 aromatic heterocycles. The molecule has 1 atom stereocenters. The molecule has 0 radical (unpaired) electrons. The Morgan fingerprint density at radius 1 is 1.28 bits per heavy atom. The monoisotopic (exact) mass is 339 g/mol. The van der Waals surface area contributed by atoms with Crippen LogP contribution in [0.1, 0.15) is 18.9 Å². The molecule has 1 aromatic carbocycles. The Kier molecular flexibility index (Phi) is 6.14. The molecule has 0 saturated carbocycles. The predicted molar refractivity (Wildman–Crippen MR) is 98.0 cm³/mol. The van der Waals surface area contributed by atoms with Crippen molar-refractivity contribution in [2.45, 2.75) is 26.0 Å². The van der Waals surface area contributed by atoms with Gasteiger partial charge in [0.1, 0.15) is 0 Å². The molecule has 2 heterocycles. The molecule has 3 rings (SSSR count). The lowest BCUT2D eigenvalue weighted by atomic mass is 10.1. The largest absolute Gasteiger partial charge is 0.375 e. The number of amides is 1. The molecule has 0 unspecified atom stereocenters. The quantitative estimate of drug-likeness (QED) is 0.878. The first-order chi connectivity index (χ1) is 12.2. The van der Waals surface area contributed by atoms with E-state index in [0.29, 0.717) is 6.54 Å². The molecule has 0 aliphatic carbocycles. The van der Waals surface area contributed by atoms with Gasteiger partial charge in [0.05, 0.1) is 18.4 Å². The minimum Gasteiger partial charge on any atom is -0.375 e. The Balaban J connectivity index is 1.52. The lowest BCUT2D eigenvalue weighted by molar-refractivity contribution is -0.119. The van der Waals surface area contributed by atoms with Crippen molar-refractivity contribution >= 4 is 5.91 Å². The average Bonchev–Trinajstić information content (AvgIpc) is 2.63. The highest BCUT2D eigenvalue weighted by molar-refractivity contribution is 5.72. The van der Waals surface area contributed by atoms with E-state index in [9.17, 15) is 4.79 Å². The number of aromatic nitrogens is 1. The number of pyridine rings is 1. The molecule has 5 heteroatoms. The van der Waals surface area contributed by atoms with E-state index >= 15 is 0 Å². The Labute approximate surface area is 149 Å². The van der Waals surface area contributed by atoms with E-state index in [1.165, 1.54) is 5.56 Å². The topological polar surface area (TPSA) is 54.5 Å². The molecule has 1 saturated heterocycles. The fourth-order valence-corrected chi connectivity index (χ4v) is 3.08. The summed E-state index contributed by atoms with van der Waals surface area (Å²) in [6, 6.07) is 14.6. The van der Waals surface area contributed by atoms with Crippen LogP contribution in [-0.4, -0.2) is 48.1 Å². The molecule has 0 bridgehead atoms. The van der Waals surface area contributed by atoms with Crippen LogP contribution in [0.3, 0.4) is 0 Å². The summed E-state index contributed by atoms with van der Waals surface area (Å²) in [6.45, 7) is 5.73. The van der Waals surface area contributed by atoms with Gasteiger partial charge in [0, 0.05) is 44.9 Å². The van der Waals surface area contributed by atoms with Crippen LogP contribution in [0.4, 0.5) is 0 Å². The van der Waals surface area contributed by atoms with E-state index in [4.69, 9.17) is 4.74 Å². The molecule has 25 heavy (non-hydrogen) atoms. The summed E-state index contributed by atoms with van der Waals surface area (Å²) in [5.41, 5.74) is 3.43. The van der Waals surface area contributed by atoms with Crippen LogP contribution in [-0.2, 0) is 16.1 Å². The zero-order valence-electron chi connectivity index (χ0n) is 14.6. The van der Waals surface area contributed by atoms with E-state index in [-0.39, 0.29) is 12.0 Å². The third-order valence-corrected chi connectivity index (χ3v) is 4.38. The molecule has 2 aromatic rings. The van der Waals surface area contributed by atoms with Crippen molar-refractivity contribution in [3.8, 4) is 11.3 Å². The van der Waals surface area contributed by atoms with E-state index in [2.05, 4.69) is 39.5 Å². The normalized spacial score (nSPS) is 18.0. The first-order valence-corrected chi connectivity index (χ1v) is 8.79. The predicted octanol–water partition coefficient (Wildman–Crippen LogP) is 2.48. The third-order valence-electron chi connectivity index (χ3n) is 4.38. The Morgan fingerprint density at radius 3 is 2.84 bits per heavy atom. The minimum absolute atomic E-state index is 0.0145. The van der Waals surface area contributed by atoms with E-state index in [0.717, 1.165) is 43.9 Å². The van der Waals surface area contributed by atoms with Crippen LogP contribution < -0.4 is 5.32 Å². The summed E-state index contributed by atoms with van der Waals surface area (Å²) in [7, 11) is 0. The van der Waals surface area contributed by atoms with Crippen LogP contribution in [0, 0.1) is 0 Å². The van der Waals surface area contributed by atoms with Gasteiger partial charge in [0.15, 0.2) is 0 Å². The standard InChI is InChI=1S/C20H25N3O2/c1-16(24)21-11-9-19-15-23(12-13-25-19)14-17-5-7-18(8-6-17)20-4-2-3-10-22-20/h2-8,10,19H,9,11-15H2,1H3,(H,21,24)/t19-/m0/s1. The summed E-state index contributed by atoms with van der Waals surface area (Å²) >= 11 is 0. The molecule has 1 aliphatic heterocycles. The zero-order valence-corrected chi connectivity index (χ0v) is 14.6. The summed E-state index contributed by atoms with van der Waals surface area (Å²) < 4.78 is 5.80. The van der Waals surface area contributed by atoms with Gasteiger partial charge in [0.25, 0.3) is 0 Å². The van der Waals surface area contributed by atoms with E-state index < -0.39 is 0 Å². The van der Waals surface area contributed by atoms with Gasteiger partial charge in [-0.2, -0.15) is 0 Å². The molecule has 0 spiro atoms. The highest BCUT2D eigenvalue weighted by Crippen LogP contribution is 2.18. The SMILES string of the molecule is CC(=O)NCC[C@H]1CN(Cc2ccc(-c3ccccn3)cc2)CCO1. The van der Waals surface area contributed by atoms with Crippen molar-refractivity contribution in [1.82, 2.24) is 15.2 Å². The second-order valence-corrected chi connectivity index (χ2v) is 6.41. The first kappa shape index (κ1) is 17.6. The number of nitrogens with one attached hydrogen (secondary N) is 1. The maximum atomic E-state index is 11.0. The fraction of sp³-hybridized carbons (Fsp3) is 0.400. The maximum Gasteiger partial charge on any atom is 0.216 e. The molecule has 1 aliphatic rings. The zero-order chi connectivity index (χ0) is 17.5. The lowest BCUT2D eigenvalue weighted by Gasteiger charge is -2.33. The minimum atomic E-state index is 0.0145. The maximum absolute atomic E-state index is 11.0. The van der Waals surface area contributed by atoms with Crippen molar-refractivity contribution in [2.75, 3.05) is 26.2 Å². The summed E-state index contributed by atoms with van der Waals surface area (Å²) in [5.74, 6) is 0.0145. The number of morpholine rings is 1. The lowest BCUT2D eigenvalue weighted by Crippen LogP contribution is -2.43. The van der Waals surface area contributed by atoms with Gasteiger partial charge in [-0.25, -0.2) is 0 Å². The van der Waals surface area contributed by atoms with Gasteiger partial charge >= 0.3 is 0 Å². The Morgan fingerprint density at radius 2 is 2.12 bits per heavy atom. The van der Waals surface area contributed by atoms with Crippen LogP contribution >= 0.6 is 0 Å². The van der Waals surface area contributed by atoms with Crippen molar-refractivity contribution in [3.63, 3.8) is 0 Å². The third kappa shape index (κ3) is 5.37. The highest BCUT2D eigenvalue weighted by atomic mass is 16.5. The van der Waals surface area contributed by atoms with Crippen molar-refractivity contribution in [3.05, 3.63) is 54.2 Å². The number of ether oxygens (including phenoxy) is 1. The van der Waals surface area contributed by atoms with Gasteiger partial charge in [-0.15, -0.1) is 0 Å². The van der Waals surface area contributed by atoms with Gasteiger partial charge in [0.2, 0.25) is 5.91 Å². The second kappa shape index (κ2) is 8.74. The van der Waals surface area contributed by atoms with Crippen molar-refractivity contribution < 1.29 is 9.53 Å². The molecular formula is C20H25N3O2. The number of rotatable bonds is 6. The molecule has 1 N–H and O–H groups in total. The number of carbonyl (C=O) groups excluding carboxylic acids is 1. The van der Waals surface area contributed by atoms with Crippen LogP contribution in [0.15, 0.2) is 48.7 Å². The summed E-state index contributed by atoms with van der Waals surface area (Å²) in [5, 5.41) is 2.84. The Bertz CT molecular complexity index is 673. The first-order valence-electron chi connectivity index (χ1n) is 8.79. The molecule has 5 nitrogen and oxygen atoms in total. The fourth-order valence-electron chi connectivity index (χ4n) is 3.08. The van der Waals surface area contributed by atoms with E-state index in [1.54, 1.807) is 6.92 Å². The summed E-state index contributed by atoms with van der Waals surface area (Å²) in [6.07, 6.45) is 2.86. The van der Waals surface area contributed by atoms with E-state index in [1.807, 2.05) is 24.4 Å². The van der Waals surface area contributed by atoms with Gasteiger partial charge < -0.3 is 10.1 Å². The summed E-state index contributed by atoms with van der Waals surface area (Å²) in [4.78, 5) is 17.8. The van der Waals surface area contributed by atoms with Crippen molar-refractivity contribution in [1.29, 1.82) is 0 Å². The van der Waals surface area contributed by atoms with Crippen LogP contribution in [0.25, 0.3) is 11.3 Å². The number of nitrogens with zero attached hydrogens (tertiary/aromatic N) is 2. The highest BCUT2D eigenvalue weighted by Gasteiger charge is 2.20. The van der Waals surface area contributed by atoms with Crippen LogP contribution in [0.5, 0.6) is 0 Å². The van der Waals surface area contributed by atoms with Crippen LogP contribution in [0.2, 0.25) is 0 Å². The Hall–Kier alpha value is -2.24. The number of hydrogen-bond donors (Lipinski definition) is 1. The number of benzene rings is 1. The second-order valence-electron chi connectivity index (χ2n) is 6.41. The van der Waals surface area contributed by atoms with Gasteiger partial charge in [-0.05, 0) is 24.1 Å². The average molecular weight is 339 g/mol. The van der Waals surface area contributed by atoms with Crippen molar-refractivity contribution in [2.24, 2.45) is 0 Å². The van der Waals surface area contributed by atoms with Gasteiger partial charge in [-0.1, -0.05) is 30.3 Å².